The van der Waals surface area contributed by atoms with Crippen molar-refractivity contribution in [2.75, 3.05) is 0 Å². The van der Waals surface area contributed by atoms with Crippen molar-refractivity contribution in [1.29, 1.82) is 0 Å². The average Bonchev–Trinajstić information content (AvgIpc) is 3.12. The third-order valence-electron chi connectivity index (χ3n) is 4.45. The Kier molecular flexibility index (Phi) is 5.74. The molecule has 2 heterocycles. The molecule has 0 amide bonds. The summed E-state index contributed by atoms with van der Waals surface area (Å²) in [5, 5.41) is 10.7. The highest BCUT2D eigenvalue weighted by atomic mass is 35.5. The van der Waals surface area contributed by atoms with Crippen LogP contribution < -0.4 is 0 Å². The molecule has 0 spiro atoms. The van der Waals surface area contributed by atoms with Crippen molar-refractivity contribution in [3.63, 3.8) is 0 Å². The van der Waals surface area contributed by atoms with Crippen LogP contribution in [0.15, 0.2) is 84.3 Å². The van der Waals surface area contributed by atoms with E-state index in [4.69, 9.17) is 11.6 Å². The van der Waals surface area contributed by atoms with Crippen LogP contribution in [0.3, 0.4) is 0 Å². The summed E-state index contributed by atoms with van der Waals surface area (Å²) in [5.74, 6) is 0.811. The van der Waals surface area contributed by atoms with E-state index >= 15 is 0 Å². The molecule has 2 aromatic carbocycles. The number of nitrogens with zero attached hydrogens (tertiary/aromatic N) is 4. The predicted molar refractivity (Wildman–Crippen MR) is 115 cm³/mol. The van der Waals surface area contributed by atoms with Crippen molar-refractivity contribution < 1.29 is 0 Å². The summed E-state index contributed by atoms with van der Waals surface area (Å²) >= 11 is 8.05. The van der Waals surface area contributed by atoms with Gasteiger partial charge in [0, 0.05) is 28.2 Å². The standard InChI is InChI=1S/C22H19ClN4S/c1-16(19-11-5-6-12-20(19)23)28-22-26-25-21(18-10-7-13-24-14-18)27(22)15-17-8-3-2-4-9-17/h2-14,16H,15H2,1H3. The molecule has 0 bridgehead atoms. The van der Waals surface area contributed by atoms with Gasteiger partial charge in [0.2, 0.25) is 0 Å². The van der Waals surface area contributed by atoms with Gasteiger partial charge in [0.05, 0.1) is 6.54 Å². The largest absolute Gasteiger partial charge is 0.297 e. The number of hydrogen-bond acceptors (Lipinski definition) is 4. The lowest BCUT2D eigenvalue weighted by Crippen LogP contribution is -2.05. The fourth-order valence-electron chi connectivity index (χ4n) is 3.02. The Balaban J connectivity index is 1.70. The SMILES string of the molecule is CC(Sc1nnc(-c2cccnc2)n1Cc1ccccc1)c1ccccc1Cl. The van der Waals surface area contributed by atoms with Crippen molar-refractivity contribution in [3.8, 4) is 11.4 Å². The molecule has 0 aliphatic carbocycles. The summed E-state index contributed by atoms with van der Waals surface area (Å²) < 4.78 is 2.14. The van der Waals surface area contributed by atoms with E-state index in [1.165, 1.54) is 5.56 Å². The van der Waals surface area contributed by atoms with Crippen LogP contribution >= 0.6 is 23.4 Å². The number of benzene rings is 2. The lowest BCUT2D eigenvalue weighted by Gasteiger charge is -2.15. The van der Waals surface area contributed by atoms with E-state index < -0.39 is 0 Å². The Morgan fingerprint density at radius 2 is 1.75 bits per heavy atom. The smallest absolute Gasteiger partial charge is 0.192 e. The Morgan fingerprint density at radius 1 is 0.964 bits per heavy atom. The van der Waals surface area contributed by atoms with Gasteiger partial charge < -0.3 is 0 Å². The molecular formula is C22H19ClN4S. The van der Waals surface area contributed by atoms with Crippen molar-refractivity contribution >= 4 is 23.4 Å². The monoisotopic (exact) mass is 406 g/mol. The zero-order valence-corrected chi connectivity index (χ0v) is 16.9. The fourth-order valence-corrected chi connectivity index (χ4v) is 4.40. The Hall–Kier alpha value is -2.63. The molecule has 0 radical (unpaired) electrons. The van der Waals surface area contributed by atoms with Crippen LogP contribution in [0, 0.1) is 0 Å². The van der Waals surface area contributed by atoms with Gasteiger partial charge >= 0.3 is 0 Å². The first kappa shape index (κ1) is 18.7. The van der Waals surface area contributed by atoms with Gasteiger partial charge in [0.1, 0.15) is 0 Å². The molecule has 0 fully saturated rings. The summed E-state index contributed by atoms with van der Waals surface area (Å²) in [6.07, 6.45) is 3.58. The molecule has 0 aliphatic rings. The van der Waals surface area contributed by atoms with Crippen LogP contribution in [0.4, 0.5) is 0 Å². The van der Waals surface area contributed by atoms with E-state index in [0.29, 0.717) is 6.54 Å². The van der Waals surface area contributed by atoms with Gasteiger partial charge in [0.15, 0.2) is 11.0 Å². The first-order chi connectivity index (χ1) is 13.7. The van der Waals surface area contributed by atoms with E-state index in [9.17, 15) is 0 Å². The normalized spacial score (nSPS) is 12.1. The molecule has 1 unspecified atom stereocenters. The van der Waals surface area contributed by atoms with Crippen LogP contribution in [0.25, 0.3) is 11.4 Å². The minimum atomic E-state index is 0.147. The predicted octanol–water partition coefficient (Wildman–Crippen LogP) is 5.90. The summed E-state index contributed by atoms with van der Waals surface area (Å²) in [6, 6.07) is 22.2. The van der Waals surface area contributed by atoms with E-state index in [1.54, 1.807) is 18.0 Å². The lowest BCUT2D eigenvalue weighted by atomic mass is 10.2. The van der Waals surface area contributed by atoms with Gasteiger partial charge in [-0.05, 0) is 36.2 Å². The quantitative estimate of drug-likeness (QED) is 0.374. The van der Waals surface area contributed by atoms with Gasteiger partial charge in [0.25, 0.3) is 0 Å². The second-order valence-corrected chi connectivity index (χ2v) is 8.12. The van der Waals surface area contributed by atoms with Crippen LogP contribution in [0.1, 0.15) is 23.3 Å². The van der Waals surface area contributed by atoms with Crippen molar-refractivity contribution in [2.24, 2.45) is 0 Å². The zero-order valence-electron chi connectivity index (χ0n) is 15.4. The molecule has 2 aromatic heterocycles. The molecule has 0 aliphatic heterocycles. The van der Waals surface area contributed by atoms with Gasteiger partial charge in [-0.2, -0.15) is 0 Å². The summed E-state index contributed by atoms with van der Waals surface area (Å²) in [4.78, 5) is 4.23. The minimum Gasteiger partial charge on any atom is -0.297 e. The molecule has 140 valence electrons. The van der Waals surface area contributed by atoms with E-state index in [-0.39, 0.29) is 5.25 Å². The molecule has 4 aromatic rings. The highest BCUT2D eigenvalue weighted by molar-refractivity contribution is 7.99. The van der Waals surface area contributed by atoms with Crippen molar-refractivity contribution in [2.45, 2.75) is 23.9 Å². The molecule has 0 N–H and O–H groups in total. The first-order valence-corrected chi connectivity index (χ1v) is 10.3. The zero-order chi connectivity index (χ0) is 19.3. The van der Waals surface area contributed by atoms with Gasteiger partial charge in [-0.1, -0.05) is 71.9 Å². The fraction of sp³-hybridized carbons (Fsp3) is 0.136. The maximum absolute atomic E-state index is 6.39. The van der Waals surface area contributed by atoms with Crippen molar-refractivity contribution in [3.05, 3.63) is 95.3 Å². The van der Waals surface area contributed by atoms with Gasteiger partial charge in [-0.15, -0.1) is 10.2 Å². The molecule has 4 nitrogen and oxygen atoms in total. The molecular weight excluding hydrogens is 388 g/mol. The molecule has 4 rings (SSSR count). The third kappa shape index (κ3) is 4.11. The molecule has 0 saturated carbocycles. The van der Waals surface area contributed by atoms with E-state index in [0.717, 1.165) is 27.1 Å². The second-order valence-electron chi connectivity index (χ2n) is 6.40. The molecule has 28 heavy (non-hydrogen) atoms. The minimum absolute atomic E-state index is 0.147. The molecule has 6 heteroatoms. The number of rotatable bonds is 6. The lowest BCUT2D eigenvalue weighted by molar-refractivity contribution is 0.712. The summed E-state index contributed by atoms with van der Waals surface area (Å²) in [6.45, 7) is 2.83. The summed E-state index contributed by atoms with van der Waals surface area (Å²) in [5.41, 5.74) is 3.23. The highest BCUT2D eigenvalue weighted by Gasteiger charge is 2.19. The van der Waals surface area contributed by atoms with Gasteiger partial charge in [-0.3, -0.25) is 9.55 Å². The van der Waals surface area contributed by atoms with Crippen LogP contribution in [0.2, 0.25) is 5.02 Å². The Morgan fingerprint density at radius 3 is 2.50 bits per heavy atom. The number of halogens is 1. The third-order valence-corrected chi connectivity index (χ3v) is 5.91. The van der Waals surface area contributed by atoms with Gasteiger partial charge in [-0.25, -0.2) is 0 Å². The average molecular weight is 407 g/mol. The Bertz CT molecular complexity index is 1050. The molecule has 1 atom stereocenters. The molecule has 0 saturated heterocycles. The topological polar surface area (TPSA) is 43.6 Å². The van der Waals surface area contributed by atoms with E-state index in [2.05, 4.69) is 44.9 Å². The first-order valence-electron chi connectivity index (χ1n) is 9.01. The number of aromatic nitrogens is 4. The van der Waals surface area contributed by atoms with Crippen LogP contribution in [-0.4, -0.2) is 19.7 Å². The van der Waals surface area contributed by atoms with Crippen molar-refractivity contribution in [1.82, 2.24) is 19.7 Å². The number of thioether (sulfide) groups is 1. The highest BCUT2D eigenvalue weighted by Crippen LogP contribution is 2.38. The number of hydrogen-bond donors (Lipinski definition) is 0. The maximum atomic E-state index is 6.39. The Labute approximate surface area is 173 Å². The number of pyridine rings is 1. The van der Waals surface area contributed by atoms with Crippen LogP contribution in [-0.2, 0) is 6.54 Å². The summed E-state index contributed by atoms with van der Waals surface area (Å²) in [7, 11) is 0. The van der Waals surface area contributed by atoms with Crippen LogP contribution in [0.5, 0.6) is 0 Å². The maximum Gasteiger partial charge on any atom is 0.192 e. The van der Waals surface area contributed by atoms with E-state index in [1.807, 2.05) is 54.7 Å². The second kappa shape index (κ2) is 8.59.